The van der Waals surface area contributed by atoms with Gasteiger partial charge in [0.2, 0.25) is 5.95 Å². The minimum Gasteiger partial charge on any atom is -0.368 e. The first kappa shape index (κ1) is 13.7. The number of hydrogen-bond donors (Lipinski definition) is 1. The molecule has 0 saturated carbocycles. The average Bonchev–Trinajstić information content (AvgIpc) is 2.47. The van der Waals surface area contributed by atoms with Crippen LogP contribution in [0.4, 0.5) is 5.95 Å². The number of nitrogens with two attached hydrogens (primary N) is 1. The summed E-state index contributed by atoms with van der Waals surface area (Å²) in [6.07, 6.45) is 7.35. The Labute approximate surface area is 118 Å². The lowest BCUT2D eigenvalue weighted by Crippen LogP contribution is -2.04. The van der Waals surface area contributed by atoms with Crippen molar-refractivity contribution in [1.82, 2.24) is 15.0 Å². The van der Waals surface area contributed by atoms with Crippen LogP contribution in [0, 0.1) is 0 Å². The van der Waals surface area contributed by atoms with Gasteiger partial charge in [0, 0.05) is 11.1 Å². The van der Waals surface area contributed by atoms with Gasteiger partial charge in [-0.15, -0.1) is 0 Å². The van der Waals surface area contributed by atoms with Crippen molar-refractivity contribution in [2.75, 3.05) is 5.73 Å². The van der Waals surface area contributed by atoms with Gasteiger partial charge in [-0.25, -0.2) is 4.98 Å². The standard InChI is InChI=1S/C16H16N4/c1-3-8-12(9-4-2)14-18-15(20-16(17)19-14)13-10-6-5-7-11-13/h3-11H,1H2,2H3,(H2,17,18,19,20)/b9-4-,12-8+. The molecule has 2 rings (SSSR count). The van der Waals surface area contributed by atoms with E-state index in [2.05, 4.69) is 21.5 Å². The molecule has 0 amide bonds. The monoisotopic (exact) mass is 264 g/mol. The molecule has 0 aliphatic rings. The maximum absolute atomic E-state index is 5.79. The van der Waals surface area contributed by atoms with Gasteiger partial charge in [-0.3, -0.25) is 0 Å². The topological polar surface area (TPSA) is 64.7 Å². The highest BCUT2D eigenvalue weighted by Crippen LogP contribution is 2.19. The predicted molar refractivity (Wildman–Crippen MR) is 82.7 cm³/mol. The van der Waals surface area contributed by atoms with E-state index < -0.39 is 0 Å². The van der Waals surface area contributed by atoms with Crippen LogP contribution in [-0.2, 0) is 0 Å². The van der Waals surface area contributed by atoms with Gasteiger partial charge in [0.1, 0.15) is 0 Å². The second-order valence-electron chi connectivity index (χ2n) is 4.06. The van der Waals surface area contributed by atoms with Crippen LogP contribution >= 0.6 is 0 Å². The minimum atomic E-state index is 0.202. The number of rotatable bonds is 4. The Kier molecular flexibility index (Phi) is 4.39. The van der Waals surface area contributed by atoms with Crippen LogP contribution in [0.2, 0.25) is 0 Å². The summed E-state index contributed by atoms with van der Waals surface area (Å²) in [5.74, 6) is 1.30. The van der Waals surface area contributed by atoms with E-state index in [1.54, 1.807) is 6.08 Å². The fourth-order valence-electron chi connectivity index (χ4n) is 1.75. The Morgan fingerprint density at radius 3 is 2.55 bits per heavy atom. The van der Waals surface area contributed by atoms with E-state index in [0.717, 1.165) is 11.1 Å². The van der Waals surface area contributed by atoms with Crippen molar-refractivity contribution < 1.29 is 0 Å². The summed E-state index contributed by atoms with van der Waals surface area (Å²) in [4.78, 5) is 12.8. The summed E-state index contributed by atoms with van der Waals surface area (Å²) in [7, 11) is 0. The molecular weight excluding hydrogens is 248 g/mol. The predicted octanol–water partition coefficient (Wildman–Crippen LogP) is 3.27. The van der Waals surface area contributed by atoms with E-state index in [1.165, 1.54) is 0 Å². The first-order valence-corrected chi connectivity index (χ1v) is 6.27. The third-order valence-electron chi connectivity index (χ3n) is 2.59. The summed E-state index contributed by atoms with van der Waals surface area (Å²) in [5.41, 5.74) is 7.53. The molecular formula is C16H16N4. The highest BCUT2D eigenvalue weighted by atomic mass is 15.1. The van der Waals surface area contributed by atoms with Crippen LogP contribution < -0.4 is 5.73 Å². The van der Waals surface area contributed by atoms with Crippen molar-refractivity contribution in [3.63, 3.8) is 0 Å². The molecule has 0 spiro atoms. The average molecular weight is 264 g/mol. The maximum Gasteiger partial charge on any atom is 0.224 e. The number of aromatic nitrogens is 3. The molecule has 0 saturated heterocycles. The zero-order valence-electron chi connectivity index (χ0n) is 11.3. The van der Waals surface area contributed by atoms with Gasteiger partial charge in [-0.2, -0.15) is 9.97 Å². The van der Waals surface area contributed by atoms with E-state index in [4.69, 9.17) is 5.73 Å². The van der Waals surface area contributed by atoms with Crippen molar-refractivity contribution in [3.05, 3.63) is 67.0 Å². The Morgan fingerprint density at radius 1 is 1.15 bits per heavy atom. The molecule has 0 bridgehead atoms. The molecule has 0 unspecified atom stereocenters. The third kappa shape index (κ3) is 3.17. The number of anilines is 1. The van der Waals surface area contributed by atoms with Crippen molar-refractivity contribution in [2.24, 2.45) is 0 Å². The number of nitrogens with zero attached hydrogens (tertiary/aromatic N) is 3. The molecule has 0 fully saturated rings. The minimum absolute atomic E-state index is 0.202. The fraction of sp³-hybridized carbons (Fsp3) is 0.0625. The van der Waals surface area contributed by atoms with Crippen LogP contribution in [0.25, 0.3) is 17.0 Å². The van der Waals surface area contributed by atoms with Crippen molar-refractivity contribution in [3.8, 4) is 11.4 Å². The highest BCUT2D eigenvalue weighted by molar-refractivity contribution is 5.72. The quantitative estimate of drug-likeness (QED) is 0.861. The van der Waals surface area contributed by atoms with Crippen LogP contribution in [-0.4, -0.2) is 15.0 Å². The zero-order chi connectivity index (χ0) is 14.4. The van der Waals surface area contributed by atoms with Crippen LogP contribution in [0.3, 0.4) is 0 Å². The van der Waals surface area contributed by atoms with Crippen LogP contribution in [0.1, 0.15) is 12.7 Å². The van der Waals surface area contributed by atoms with Crippen molar-refractivity contribution in [1.29, 1.82) is 0 Å². The second kappa shape index (κ2) is 6.43. The molecule has 0 atom stereocenters. The van der Waals surface area contributed by atoms with E-state index in [0.29, 0.717) is 11.6 Å². The molecule has 4 heteroatoms. The molecule has 1 aromatic heterocycles. The molecule has 100 valence electrons. The Hall–Kier alpha value is -2.75. The van der Waals surface area contributed by atoms with Gasteiger partial charge in [-0.05, 0) is 6.92 Å². The SMILES string of the molecule is C=C/C=C(\C=C/C)c1nc(N)nc(-c2ccccc2)n1. The molecule has 1 aromatic carbocycles. The second-order valence-corrected chi connectivity index (χ2v) is 4.06. The van der Waals surface area contributed by atoms with Gasteiger partial charge in [0.25, 0.3) is 0 Å². The molecule has 1 heterocycles. The van der Waals surface area contributed by atoms with Crippen LogP contribution in [0.15, 0.2) is 61.2 Å². The lowest BCUT2D eigenvalue weighted by molar-refractivity contribution is 1.04. The highest BCUT2D eigenvalue weighted by Gasteiger charge is 2.08. The molecule has 4 nitrogen and oxygen atoms in total. The van der Waals surface area contributed by atoms with E-state index in [9.17, 15) is 0 Å². The van der Waals surface area contributed by atoms with Crippen molar-refractivity contribution >= 4 is 11.5 Å². The molecule has 0 radical (unpaired) electrons. The van der Waals surface area contributed by atoms with E-state index >= 15 is 0 Å². The largest absolute Gasteiger partial charge is 0.368 e. The van der Waals surface area contributed by atoms with Crippen LogP contribution in [0.5, 0.6) is 0 Å². The number of allylic oxidation sites excluding steroid dienone is 5. The molecule has 2 N–H and O–H groups in total. The molecule has 0 aliphatic heterocycles. The summed E-state index contributed by atoms with van der Waals surface area (Å²) >= 11 is 0. The summed E-state index contributed by atoms with van der Waals surface area (Å²) < 4.78 is 0. The van der Waals surface area contributed by atoms with E-state index in [1.807, 2.05) is 55.5 Å². The fourth-order valence-corrected chi connectivity index (χ4v) is 1.75. The smallest absolute Gasteiger partial charge is 0.224 e. The zero-order valence-corrected chi connectivity index (χ0v) is 11.3. The molecule has 20 heavy (non-hydrogen) atoms. The van der Waals surface area contributed by atoms with E-state index in [-0.39, 0.29) is 5.95 Å². The van der Waals surface area contributed by atoms with Crippen molar-refractivity contribution in [2.45, 2.75) is 6.92 Å². The lowest BCUT2D eigenvalue weighted by Gasteiger charge is -2.05. The molecule has 0 aliphatic carbocycles. The van der Waals surface area contributed by atoms with Gasteiger partial charge >= 0.3 is 0 Å². The molecule has 2 aromatic rings. The Balaban J connectivity index is 2.54. The number of benzene rings is 1. The summed E-state index contributed by atoms with van der Waals surface area (Å²) in [6, 6.07) is 9.68. The Bertz CT molecular complexity index is 657. The van der Waals surface area contributed by atoms with Gasteiger partial charge in [-0.1, -0.05) is 61.2 Å². The summed E-state index contributed by atoms with van der Waals surface area (Å²) in [5, 5.41) is 0. The summed E-state index contributed by atoms with van der Waals surface area (Å²) in [6.45, 7) is 5.63. The first-order chi connectivity index (χ1) is 9.74. The normalized spacial score (nSPS) is 11.8. The first-order valence-electron chi connectivity index (χ1n) is 6.27. The van der Waals surface area contributed by atoms with Gasteiger partial charge in [0.15, 0.2) is 11.6 Å². The number of nitrogen functional groups attached to an aromatic ring is 1. The maximum atomic E-state index is 5.79. The third-order valence-corrected chi connectivity index (χ3v) is 2.59. The lowest BCUT2D eigenvalue weighted by atomic mass is 10.2. The van der Waals surface area contributed by atoms with Gasteiger partial charge in [0.05, 0.1) is 0 Å². The number of hydrogen-bond acceptors (Lipinski definition) is 4. The van der Waals surface area contributed by atoms with Gasteiger partial charge < -0.3 is 5.73 Å². The Morgan fingerprint density at radius 2 is 1.90 bits per heavy atom.